The Morgan fingerprint density at radius 1 is 1.07 bits per heavy atom. The molecule has 1 saturated heterocycles. The second-order valence-corrected chi connectivity index (χ2v) is 7.70. The van der Waals surface area contributed by atoms with Crippen LogP contribution in [0, 0.1) is 0 Å². The highest BCUT2D eigenvalue weighted by Crippen LogP contribution is 2.26. The number of hydrogen-bond acceptors (Lipinski definition) is 7. The SMILES string of the molecule is CNc1cc(Nc2nccc([C@@H]3CCCN(CCCc4ccccc4)C3)n2)ncn1. The van der Waals surface area contributed by atoms with E-state index >= 15 is 0 Å². The Hall–Kier alpha value is -3.06. The third-order valence-corrected chi connectivity index (χ3v) is 5.55. The van der Waals surface area contributed by atoms with E-state index in [1.807, 2.05) is 25.4 Å². The van der Waals surface area contributed by atoms with Crippen LogP contribution in [0.1, 0.15) is 36.4 Å². The Morgan fingerprint density at radius 2 is 1.93 bits per heavy atom. The molecule has 7 nitrogen and oxygen atoms in total. The fraction of sp³-hybridized carbons (Fsp3) is 0.391. The molecule has 0 unspecified atom stereocenters. The van der Waals surface area contributed by atoms with E-state index in [1.54, 1.807) is 0 Å². The summed E-state index contributed by atoms with van der Waals surface area (Å²) < 4.78 is 0. The van der Waals surface area contributed by atoms with Crippen molar-refractivity contribution in [1.29, 1.82) is 0 Å². The Balaban J connectivity index is 1.34. The first kappa shape index (κ1) is 20.2. The van der Waals surface area contributed by atoms with Crippen molar-refractivity contribution in [3.8, 4) is 0 Å². The van der Waals surface area contributed by atoms with Gasteiger partial charge >= 0.3 is 0 Å². The van der Waals surface area contributed by atoms with Gasteiger partial charge in [0, 0.05) is 31.8 Å². The highest BCUT2D eigenvalue weighted by atomic mass is 15.2. The molecule has 0 spiro atoms. The average Bonchev–Trinajstić information content (AvgIpc) is 2.80. The van der Waals surface area contributed by atoms with Crippen molar-refractivity contribution in [2.45, 2.75) is 31.6 Å². The molecular formula is C23H29N7. The molecule has 1 aliphatic heterocycles. The van der Waals surface area contributed by atoms with Crippen LogP contribution in [-0.2, 0) is 6.42 Å². The first-order valence-electron chi connectivity index (χ1n) is 10.7. The lowest BCUT2D eigenvalue weighted by Crippen LogP contribution is -2.35. The van der Waals surface area contributed by atoms with Gasteiger partial charge in [0.1, 0.15) is 18.0 Å². The number of likely N-dealkylation sites (tertiary alicyclic amines) is 1. The second kappa shape index (κ2) is 10.1. The van der Waals surface area contributed by atoms with Gasteiger partial charge in [0.25, 0.3) is 0 Å². The lowest BCUT2D eigenvalue weighted by Gasteiger charge is -2.32. The van der Waals surface area contributed by atoms with Crippen LogP contribution < -0.4 is 10.6 Å². The van der Waals surface area contributed by atoms with Crippen molar-refractivity contribution in [2.24, 2.45) is 0 Å². The fourth-order valence-electron chi connectivity index (χ4n) is 3.99. The van der Waals surface area contributed by atoms with Crippen molar-refractivity contribution in [2.75, 3.05) is 37.3 Å². The van der Waals surface area contributed by atoms with Gasteiger partial charge in [-0.25, -0.2) is 19.9 Å². The molecular weight excluding hydrogens is 374 g/mol. The monoisotopic (exact) mass is 403 g/mol. The van der Waals surface area contributed by atoms with E-state index in [0.29, 0.717) is 17.7 Å². The summed E-state index contributed by atoms with van der Waals surface area (Å²) in [6, 6.07) is 14.6. The molecule has 0 saturated carbocycles. The fourth-order valence-corrected chi connectivity index (χ4v) is 3.99. The van der Waals surface area contributed by atoms with Gasteiger partial charge in [0.15, 0.2) is 0 Å². The van der Waals surface area contributed by atoms with E-state index in [-0.39, 0.29) is 0 Å². The largest absolute Gasteiger partial charge is 0.373 e. The van der Waals surface area contributed by atoms with Crippen LogP contribution >= 0.6 is 0 Å². The molecule has 1 aliphatic rings. The minimum Gasteiger partial charge on any atom is -0.373 e. The zero-order valence-corrected chi connectivity index (χ0v) is 17.5. The van der Waals surface area contributed by atoms with E-state index in [4.69, 9.17) is 4.98 Å². The van der Waals surface area contributed by atoms with Crippen molar-refractivity contribution in [1.82, 2.24) is 24.8 Å². The molecule has 0 aliphatic carbocycles. The number of piperidine rings is 1. The van der Waals surface area contributed by atoms with Crippen LogP contribution in [0.2, 0.25) is 0 Å². The van der Waals surface area contributed by atoms with E-state index in [0.717, 1.165) is 31.0 Å². The predicted molar refractivity (Wildman–Crippen MR) is 120 cm³/mol. The Morgan fingerprint density at radius 3 is 2.80 bits per heavy atom. The van der Waals surface area contributed by atoms with Crippen LogP contribution in [0.5, 0.6) is 0 Å². The van der Waals surface area contributed by atoms with Crippen LogP contribution in [-0.4, -0.2) is 51.5 Å². The van der Waals surface area contributed by atoms with Crippen molar-refractivity contribution < 1.29 is 0 Å². The molecule has 1 aromatic carbocycles. The molecule has 1 atom stereocenters. The third kappa shape index (κ3) is 5.51. The molecule has 30 heavy (non-hydrogen) atoms. The van der Waals surface area contributed by atoms with Gasteiger partial charge in [0.2, 0.25) is 5.95 Å². The smallest absolute Gasteiger partial charge is 0.228 e. The van der Waals surface area contributed by atoms with E-state index in [1.165, 1.54) is 37.7 Å². The number of hydrogen-bond donors (Lipinski definition) is 2. The Bertz CT molecular complexity index is 932. The highest BCUT2D eigenvalue weighted by molar-refractivity contribution is 5.52. The summed E-state index contributed by atoms with van der Waals surface area (Å²) in [6.07, 6.45) is 8.06. The van der Waals surface area contributed by atoms with Crippen molar-refractivity contribution >= 4 is 17.6 Å². The van der Waals surface area contributed by atoms with Crippen LogP contribution in [0.25, 0.3) is 0 Å². The summed E-state index contributed by atoms with van der Waals surface area (Å²) in [5.74, 6) is 2.45. The molecule has 4 rings (SSSR count). The van der Waals surface area contributed by atoms with Gasteiger partial charge in [-0.3, -0.25) is 0 Å². The van der Waals surface area contributed by atoms with Crippen molar-refractivity contribution in [3.05, 3.63) is 66.2 Å². The normalized spacial score (nSPS) is 16.9. The van der Waals surface area contributed by atoms with Gasteiger partial charge in [0.05, 0.1) is 5.69 Å². The highest BCUT2D eigenvalue weighted by Gasteiger charge is 2.22. The zero-order valence-electron chi connectivity index (χ0n) is 17.5. The molecule has 2 aromatic heterocycles. The lowest BCUT2D eigenvalue weighted by molar-refractivity contribution is 0.204. The van der Waals surface area contributed by atoms with Gasteiger partial charge in [-0.15, -0.1) is 0 Å². The summed E-state index contributed by atoms with van der Waals surface area (Å²) in [4.78, 5) is 20.1. The average molecular weight is 404 g/mol. The number of nitrogens with one attached hydrogen (secondary N) is 2. The third-order valence-electron chi connectivity index (χ3n) is 5.55. The van der Waals surface area contributed by atoms with Gasteiger partial charge in [-0.2, -0.15) is 0 Å². The maximum Gasteiger partial charge on any atom is 0.228 e. The molecule has 156 valence electrons. The Labute approximate surface area is 178 Å². The number of benzene rings is 1. The summed E-state index contributed by atoms with van der Waals surface area (Å²) in [6.45, 7) is 3.37. The number of anilines is 3. The minimum atomic E-state index is 0.442. The molecule has 0 amide bonds. The zero-order chi connectivity index (χ0) is 20.6. The number of aryl methyl sites for hydroxylation is 1. The quantitative estimate of drug-likeness (QED) is 0.591. The molecule has 3 aromatic rings. The lowest BCUT2D eigenvalue weighted by atomic mass is 9.94. The second-order valence-electron chi connectivity index (χ2n) is 7.70. The minimum absolute atomic E-state index is 0.442. The van der Waals surface area contributed by atoms with E-state index in [9.17, 15) is 0 Å². The summed E-state index contributed by atoms with van der Waals surface area (Å²) >= 11 is 0. The van der Waals surface area contributed by atoms with Gasteiger partial charge < -0.3 is 15.5 Å². The molecule has 1 fully saturated rings. The van der Waals surface area contributed by atoms with E-state index in [2.05, 4.69) is 60.8 Å². The number of rotatable bonds is 8. The van der Waals surface area contributed by atoms with Gasteiger partial charge in [-0.05, 0) is 50.4 Å². The van der Waals surface area contributed by atoms with Crippen molar-refractivity contribution in [3.63, 3.8) is 0 Å². The summed E-state index contributed by atoms with van der Waals surface area (Å²) in [5.41, 5.74) is 2.52. The molecule has 0 radical (unpaired) electrons. The number of nitrogens with zero attached hydrogens (tertiary/aromatic N) is 5. The molecule has 3 heterocycles. The predicted octanol–water partition coefficient (Wildman–Crippen LogP) is 3.86. The van der Waals surface area contributed by atoms with Crippen LogP contribution in [0.15, 0.2) is 55.0 Å². The maximum absolute atomic E-state index is 4.78. The molecule has 2 N–H and O–H groups in total. The topological polar surface area (TPSA) is 78.9 Å². The first-order valence-corrected chi connectivity index (χ1v) is 10.7. The van der Waals surface area contributed by atoms with E-state index < -0.39 is 0 Å². The van der Waals surface area contributed by atoms with Crippen LogP contribution in [0.3, 0.4) is 0 Å². The Kier molecular flexibility index (Phi) is 6.82. The first-order chi connectivity index (χ1) is 14.8. The van der Waals surface area contributed by atoms with Crippen LogP contribution in [0.4, 0.5) is 17.6 Å². The van der Waals surface area contributed by atoms with Gasteiger partial charge in [-0.1, -0.05) is 30.3 Å². The molecule has 7 heteroatoms. The number of aromatic nitrogens is 4. The maximum atomic E-state index is 4.78. The summed E-state index contributed by atoms with van der Waals surface area (Å²) in [7, 11) is 1.83. The standard InChI is InChI=1S/C23H29N7/c1-24-21-15-22(27-17-26-21)29-23-25-12-11-20(28-23)19-10-6-14-30(16-19)13-5-9-18-7-3-2-4-8-18/h2-4,7-8,11-12,15,17,19H,5-6,9-10,13-14,16H2,1H3,(H2,24,25,26,27,28,29)/t19-/m1/s1. The molecule has 0 bridgehead atoms. The summed E-state index contributed by atoms with van der Waals surface area (Å²) in [5, 5.41) is 6.21.